The van der Waals surface area contributed by atoms with Crippen molar-refractivity contribution in [3.8, 4) is 0 Å². The molecule has 0 radical (unpaired) electrons. The van der Waals surface area contributed by atoms with Crippen LogP contribution in [-0.2, 0) is 16.0 Å². The van der Waals surface area contributed by atoms with Crippen LogP contribution in [-0.4, -0.2) is 17.9 Å². The van der Waals surface area contributed by atoms with Crippen molar-refractivity contribution < 1.29 is 9.59 Å². The van der Waals surface area contributed by atoms with E-state index < -0.39 is 0 Å². The SMILES string of the molecule is CC(C)Cc1ccc([C@H](NC(=O)[C@H]2CCC(=O)N2)C2CC2)cc1. The van der Waals surface area contributed by atoms with Crippen LogP contribution < -0.4 is 10.6 Å². The van der Waals surface area contributed by atoms with Crippen molar-refractivity contribution in [1.29, 1.82) is 0 Å². The first-order valence-electron chi connectivity index (χ1n) is 8.71. The minimum absolute atomic E-state index is 0.0221. The molecule has 0 bridgehead atoms. The van der Waals surface area contributed by atoms with E-state index in [0.29, 0.717) is 24.7 Å². The van der Waals surface area contributed by atoms with Gasteiger partial charge in [0.1, 0.15) is 6.04 Å². The summed E-state index contributed by atoms with van der Waals surface area (Å²) in [5.74, 6) is 1.11. The summed E-state index contributed by atoms with van der Waals surface area (Å²) in [6.45, 7) is 4.44. The lowest BCUT2D eigenvalue weighted by Crippen LogP contribution is -2.43. The fourth-order valence-electron chi connectivity index (χ4n) is 3.30. The minimum Gasteiger partial charge on any atom is -0.347 e. The summed E-state index contributed by atoms with van der Waals surface area (Å²) in [7, 11) is 0. The Bertz CT molecular complexity index is 576. The predicted octanol–water partition coefficient (Wildman–Crippen LogP) is 2.73. The topological polar surface area (TPSA) is 58.2 Å². The van der Waals surface area contributed by atoms with E-state index >= 15 is 0 Å². The smallest absolute Gasteiger partial charge is 0.243 e. The highest BCUT2D eigenvalue weighted by molar-refractivity contribution is 5.91. The molecular formula is C19H26N2O2. The molecule has 1 aliphatic heterocycles. The highest BCUT2D eigenvalue weighted by Gasteiger charge is 2.36. The summed E-state index contributed by atoms with van der Waals surface area (Å²) in [6, 6.07) is 8.36. The first-order valence-corrected chi connectivity index (χ1v) is 8.71. The zero-order valence-electron chi connectivity index (χ0n) is 14.0. The maximum atomic E-state index is 12.4. The van der Waals surface area contributed by atoms with Crippen LogP contribution in [0.5, 0.6) is 0 Å². The number of benzene rings is 1. The number of carbonyl (C=O) groups excluding carboxylic acids is 2. The number of hydrogen-bond donors (Lipinski definition) is 2. The second-order valence-electron chi connectivity index (χ2n) is 7.32. The predicted molar refractivity (Wildman–Crippen MR) is 89.8 cm³/mol. The van der Waals surface area contributed by atoms with E-state index in [-0.39, 0.29) is 23.9 Å². The number of carbonyl (C=O) groups is 2. The van der Waals surface area contributed by atoms with Crippen LogP contribution in [0.4, 0.5) is 0 Å². The largest absolute Gasteiger partial charge is 0.347 e. The molecule has 1 saturated heterocycles. The van der Waals surface area contributed by atoms with Crippen molar-refractivity contribution in [2.45, 2.75) is 58.0 Å². The van der Waals surface area contributed by atoms with E-state index in [1.807, 2.05) is 0 Å². The van der Waals surface area contributed by atoms with Crippen molar-refractivity contribution in [2.24, 2.45) is 11.8 Å². The lowest BCUT2D eigenvalue weighted by atomic mass is 9.97. The second-order valence-corrected chi connectivity index (χ2v) is 7.32. The summed E-state index contributed by atoms with van der Waals surface area (Å²) >= 11 is 0. The van der Waals surface area contributed by atoms with Gasteiger partial charge in [0.05, 0.1) is 6.04 Å². The average molecular weight is 314 g/mol. The lowest BCUT2D eigenvalue weighted by molar-refractivity contribution is -0.126. The lowest BCUT2D eigenvalue weighted by Gasteiger charge is -2.21. The molecule has 1 aromatic carbocycles. The fourth-order valence-corrected chi connectivity index (χ4v) is 3.30. The molecule has 4 heteroatoms. The molecule has 2 amide bonds. The van der Waals surface area contributed by atoms with Crippen LogP contribution in [0.3, 0.4) is 0 Å². The number of nitrogens with one attached hydrogen (secondary N) is 2. The molecule has 2 aliphatic rings. The third-order valence-electron chi connectivity index (χ3n) is 4.69. The Kier molecular flexibility index (Phi) is 4.69. The Balaban J connectivity index is 1.66. The fraction of sp³-hybridized carbons (Fsp3) is 0.579. The van der Waals surface area contributed by atoms with E-state index in [4.69, 9.17) is 0 Å². The van der Waals surface area contributed by atoms with E-state index in [1.165, 1.54) is 11.1 Å². The van der Waals surface area contributed by atoms with Gasteiger partial charge in [0.25, 0.3) is 0 Å². The third kappa shape index (κ3) is 4.12. The summed E-state index contributed by atoms with van der Waals surface area (Å²) in [5, 5.41) is 5.91. The van der Waals surface area contributed by atoms with E-state index in [0.717, 1.165) is 19.3 Å². The van der Waals surface area contributed by atoms with Crippen molar-refractivity contribution >= 4 is 11.8 Å². The Morgan fingerprint density at radius 3 is 2.43 bits per heavy atom. The molecule has 1 aliphatic carbocycles. The molecule has 4 nitrogen and oxygen atoms in total. The maximum absolute atomic E-state index is 12.4. The number of hydrogen-bond acceptors (Lipinski definition) is 2. The summed E-state index contributed by atoms with van der Waals surface area (Å²) in [4.78, 5) is 23.7. The summed E-state index contributed by atoms with van der Waals surface area (Å²) < 4.78 is 0. The maximum Gasteiger partial charge on any atom is 0.243 e. The molecule has 3 rings (SSSR count). The molecule has 0 spiro atoms. The summed E-state index contributed by atoms with van der Waals surface area (Å²) in [6.07, 6.45) is 4.46. The van der Waals surface area contributed by atoms with Crippen molar-refractivity contribution in [1.82, 2.24) is 10.6 Å². The summed E-state index contributed by atoms with van der Waals surface area (Å²) in [5.41, 5.74) is 2.52. The van der Waals surface area contributed by atoms with E-state index in [2.05, 4.69) is 48.7 Å². The molecule has 1 heterocycles. The van der Waals surface area contributed by atoms with Gasteiger partial charge in [-0.15, -0.1) is 0 Å². The van der Waals surface area contributed by atoms with Gasteiger partial charge in [-0.1, -0.05) is 38.1 Å². The minimum atomic E-state index is -0.357. The first-order chi connectivity index (χ1) is 11.0. The Labute approximate surface area is 138 Å². The van der Waals surface area contributed by atoms with Crippen LogP contribution in [0.1, 0.15) is 56.7 Å². The quantitative estimate of drug-likeness (QED) is 0.848. The zero-order valence-corrected chi connectivity index (χ0v) is 14.0. The number of rotatable bonds is 6. The van der Waals surface area contributed by atoms with Gasteiger partial charge in [-0.2, -0.15) is 0 Å². The molecule has 0 aromatic heterocycles. The van der Waals surface area contributed by atoms with Crippen LogP contribution in [0, 0.1) is 11.8 Å². The van der Waals surface area contributed by atoms with Gasteiger partial charge in [0, 0.05) is 6.42 Å². The normalized spacial score (nSPS) is 22.0. The molecular weight excluding hydrogens is 288 g/mol. The number of amides is 2. The molecule has 2 fully saturated rings. The molecule has 23 heavy (non-hydrogen) atoms. The average Bonchev–Trinajstić information content (AvgIpc) is 3.26. The van der Waals surface area contributed by atoms with Gasteiger partial charge < -0.3 is 10.6 Å². The molecule has 1 aromatic rings. The van der Waals surface area contributed by atoms with Gasteiger partial charge in [-0.3, -0.25) is 9.59 Å². The Morgan fingerprint density at radius 1 is 1.22 bits per heavy atom. The third-order valence-corrected chi connectivity index (χ3v) is 4.69. The zero-order chi connectivity index (χ0) is 16.4. The van der Waals surface area contributed by atoms with Crippen LogP contribution in [0.2, 0.25) is 0 Å². The highest BCUT2D eigenvalue weighted by atomic mass is 16.2. The van der Waals surface area contributed by atoms with Crippen LogP contribution >= 0.6 is 0 Å². The van der Waals surface area contributed by atoms with Gasteiger partial charge in [0.2, 0.25) is 11.8 Å². The van der Waals surface area contributed by atoms with Crippen molar-refractivity contribution in [3.63, 3.8) is 0 Å². The molecule has 2 N–H and O–H groups in total. The Morgan fingerprint density at radius 2 is 1.91 bits per heavy atom. The molecule has 124 valence electrons. The van der Waals surface area contributed by atoms with Crippen molar-refractivity contribution in [3.05, 3.63) is 35.4 Å². The second kappa shape index (κ2) is 6.73. The van der Waals surface area contributed by atoms with E-state index in [9.17, 15) is 9.59 Å². The van der Waals surface area contributed by atoms with Crippen LogP contribution in [0.25, 0.3) is 0 Å². The Hall–Kier alpha value is -1.84. The van der Waals surface area contributed by atoms with Gasteiger partial charge >= 0.3 is 0 Å². The van der Waals surface area contributed by atoms with Gasteiger partial charge in [-0.05, 0) is 48.6 Å². The monoisotopic (exact) mass is 314 g/mol. The van der Waals surface area contributed by atoms with Gasteiger partial charge in [-0.25, -0.2) is 0 Å². The van der Waals surface area contributed by atoms with Gasteiger partial charge in [0.15, 0.2) is 0 Å². The molecule has 1 saturated carbocycles. The molecule has 2 atom stereocenters. The first kappa shape index (κ1) is 16.0. The highest BCUT2D eigenvalue weighted by Crippen LogP contribution is 2.41. The van der Waals surface area contributed by atoms with E-state index in [1.54, 1.807) is 0 Å². The standard InChI is InChI=1S/C19H26N2O2/c1-12(2)11-13-3-5-14(6-4-13)18(15-7-8-15)21-19(23)16-9-10-17(22)20-16/h3-6,12,15-16,18H,7-11H2,1-2H3,(H,20,22)(H,21,23)/t16-,18+/m1/s1. The van der Waals surface area contributed by atoms with Crippen molar-refractivity contribution in [2.75, 3.05) is 0 Å². The van der Waals surface area contributed by atoms with Crippen LogP contribution in [0.15, 0.2) is 24.3 Å². The molecule has 0 unspecified atom stereocenters.